The van der Waals surface area contributed by atoms with Crippen molar-refractivity contribution in [3.8, 4) is 0 Å². The van der Waals surface area contributed by atoms with Crippen molar-refractivity contribution < 1.29 is 9.66 Å². The van der Waals surface area contributed by atoms with Crippen LogP contribution in [0.1, 0.15) is 6.42 Å². The van der Waals surface area contributed by atoms with E-state index in [4.69, 9.17) is 4.74 Å². The zero-order valence-corrected chi connectivity index (χ0v) is 10.7. The van der Waals surface area contributed by atoms with Crippen LogP contribution in [-0.4, -0.2) is 35.2 Å². The number of benzene rings is 1. The number of anilines is 1. The number of nitrogens with zero attached hydrogens (tertiary/aromatic N) is 3. The number of non-ortho nitro benzene ring substituents is 1. The second-order valence-corrected chi connectivity index (χ2v) is 5.30. The van der Waals surface area contributed by atoms with Gasteiger partial charge in [-0.1, -0.05) is 0 Å². The summed E-state index contributed by atoms with van der Waals surface area (Å²) in [7, 11) is 0. The maximum atomic E-state index is 10.8. The lowest BCUT2D eigenvalue weighted by atomic mass is 10.2. The van der Waals surface area contributed by atoms with Gasteiger partial charge in [0.2, 0.25) is 0 Å². The van der Waals surface area contributed by atoms with E-state index in [0.29, 0.717) is 12.1 Å². The number of aromatic nitrogens is 1. The van der Waals surface area contributed by atoms with Crippen LogP contribution >= 0.6 is 0 Å². The fourth-order valence-corrected chi connectivity index (χ4v) is 3.06. The fourth-order valence-electron chi connectivity index (χ4n) is 3.06. The lowest BCUT2D eigenvalue weighted by molar-refractivity contribution is -0.384. The van der Waals surface area contributed by atoms with Crippen LogP contribution < -0.4 is 4.90 Å². The van der Waals surface area contributed by atoms with Crippen LogP contribution in [-0.2, 0) is 4.74 Å². The Hall–Kier alpha value is -2.21. The smallest absolute Gasteiger partial charge is 0.270 e. The molecule has 0 saturated carbocycles. The Labute approximate surface area is 115 Å². The van der Waals surface area contributed by atoms with Crippen LogP contribution in [0, 0.1) is 10.1 Å². The Morgan fingerprint density at radius 1 is 1.35 bits per heavy atom. The lowest BCUT2D eigenvalue weighted by Gasteiger charge is -2.28. The van der Waals surface area contributed by atoms with Crippen molar-refractivity contribution in [3.63, 3.8) is 0 Å². The highest BCUT2D eigenvalue weighted by Gasteiger charge is 2.39. The van der Waals surface area contributed by atoms with Gasteiger partial charge >= 0.3 is 0 Å². The Kier molecular flexibility index (Phi) is 2.40. The minimum atomic E-state index is -0.385. The molecule has 1 aromatic carbocycles. The molecule has 1 aromatic heterocycles. The van der Waals surface area contributed by atoms with Gasteiger partial charge in [0, 0.05) is 24.1 Å². The maximum Gasteiger partial charge on any atom is 0.270 e. The molecule has 2 atom stereocenters. The number of rotatable bonds is 2. The molecule has 2 fully saturated rings. The van der Waals surface area contributed by atoms with Crippen LogP contribution in [0.5, 0.6) is 0 Å². The largest absolute Gasteiger partial charge is 0.374 e. The van der Waals surface area contributed by atoms with Crippen LogP contribution in [0.3, 0.4) is 0 Å². The first-order valence-corrected chi connectivity index (χ1v) is 6.64. The molecule has 6 nitrogen and oxygen atoms in total. The van der Waals surface area contributed by atoms with Crippen molar-refractivity contribution in [2.45, 2.75) is 18.6 Å². The first-order valence-electron chi connectivity index (χ1n) is 6.64. The van der Waals surface area contributed by atoms with E-state index < -0.39 is 0 Å². The third-order valence-corrected chi connectivity index (χ3v) is 4.06. The molecule has 2 aromatic rings. The van der Waals surface area contributed by atoms with Crippen LogP contribution in [0.15, 0.2) is 30.3 Å². The van der Waals surface area contributed by atoms with Gasteiger partial charge in [-0.15, -0.1) is 0 Å². The van der Waals surface area contributed by atoms with Gasteiger partial charge < -0.3 is 9.64 Å². The molecule has 0 N–H and O–H groups in total. The van der Waals surface area contributed by atoms with Gasteiger partial charge in [0.05, 0.1) is 29.2 Å². The van der Waals surface area contributed by atoms with Gasteiger partial charge in [0.15, 0.2) is 0 Å². The second-order valence-electron chi connectivity index (χ2n) is 5.30. The van der Waals surface area contributed by atoms with Gasteiger partial charge in [0.25, 0.3) is 5.69 Å². The average molecular weight is 271 g/mol. The standard InChI is InChI=1S/C14H13N3O3/c18-17(19)10-2-3-13-9(5-10)1-4-14(15-13)16-7-12-6-11(16)8-20-12/h1-5,11-12H,6-8H2. The SMILES string of the molecule is O=[N+]([O-])c1ccc2nc(N3CC4CC3CO4)ccc2c1. The minimum Gasteiger partial charge on any atom is -0.374 e. The van der Waals surface area contributed by atoms with Gasteiger partial charge in [-0.05, 0) is 24.6 Å². The molecule has 6 heteroatoms. The molecule has 3 heterocycles. The van der Waals surface area contributed by atoms with Crippen LogP contribution in [0.4, 0.5) is 11.5 Å². The van der Waals surface area contributed by atoms with Crippen LogP contribution in [0.2, 0.25) is 0 Å². The molecule has 2 aliphatic rings. The number of nitro benzene ring substituents is 1. The molecule has 0 amide bonds. The summed E-state index contributed by atoms with van der Waals surface area (Å²) in [4.78, 5) is 17.3. The number of nitro groups is 1. The van der Waals surface area contributed by atoms with Gasteiger partial charge in [0.1, 0.15) is 5.82 Å². The number of pyridine rings is 1. The zero-order chi connectivity index (χ0) is 13.7. The van der Waals surface area contributed by atoms with Crippen molar-refractivity contribution in [2.75, 3.05) is 18.1 Å². The fraction of sp³-hybridized carbons (Fsp3) is 0.357. The van der Waals surface area contributed by atoms with Crippen molar-refractivity contribution in [1.82, 2.24) is 4.98 Å². The summed E-state index contributed by atoms with van der Waals surface area (Å²) < 4.78 is 5.59. The van der Waals surface area contributed by atoms with E-state index in [9.17, 15) is 10.1 Å². The average Bonchev–Trinajstić information content (AvgIpc) is 3.08. The van der Waals surface area contributed by atoms with E-state index >= 15 is 0 Å². The molecular weight excluding hydrogens is 258 g/mol. The molecule has 2 bridgehead atoms. The molecular formula is C14H13N3O3. The van der Waals surface area contributed by atoms with E-state index in [-0.39, 0.29) is 10.6 Å². The first kappa shape index (κ1) is 11.6. The van der Waals surface area contributed by atoms with E-state index in [1.165, 1.54) is 6.07 Å². The third kappa shape index (κ3) is 1.72. The number of hydrogen-bond acceptors (Lipinski definition) is 5. The van der Waals surface area contributed by atoms with Gasteiger partial charge in [-0.3, -0.25) is 10.1 Å². The molecule has 0 radical (unpaired) electrons. The maximum absolute atomic E-state index is 10.8. The van der Waals surface area contributed by atoms with Crippen LogP contribution in [0.25, 0.3) is 10.9 Å². The number of hydrogen-bond donors (Lipinski definition) is 0. The summed E-state index contributed by atoms with van der Waals surface area (Å²) in [6.45, 7) is 1.65. The van der Waals surface area contributed by atoms with Crippen molar-refractivity contribution in [1.29, 1.82) is 0 Å². The number of ether oxygens (including phenoxy) is 1. The summed E-state index contributed by atoms with van der Waals surface area (Å²) in [6, 6.07) is 9.03. The van der Waals surface area contributed by atoms with E-state index in [1.54, 1.807) is 12.1 Å². The van der Waals surface area contributed by atoms with Crippen molar-refractivity contribution >= 4 is 22.4 Å². The Morgan fingerprint density at radius 3 is 2.95 bits per heavy atom. The predicted octanol–water partition coefficient (Wildman–Crippen LogP) is 2.12. The van der Waals surface area contributed by atoms with E-state index in [2.05, 4.69) is 9.88 Å². The number of fused-ring (bicyclic) bond motifs is 3. The topological polar surface area (TPSA) is 68.5 Å². The molecule has 2 saturated heterocycles. The second kappa shape index (κ2) is 4.14. The molecule has 0 aliphatic carbocycles. The quantitative estimate of drug-likeness (QED) is 0.618. The van der Waals surface area contributed by atoms with Gasteiger partial charge in [-0.25, -0.2) is 4.98 Å². The summed E-state index contributed by atoms with van der Waals surface area (Å²) in [5, 5.41) is 11.6. The monoisotopic (exact) mass is 271 g/mol. The first-order chi connectivity index (χ1) is 9.70. The highest BCUT2D eigenvalue weighted by Crippen LogP contribution is 2.32. The van der Waals surface area contributed by atoms with Crippen molar-refractivity contribution in [3.05, 3.63) is 40.4 Å². The van der Waals surface area contributed by atoms with Crippen molar-refractivity contribution in [2.24, 2.45) is 0 Å². The summed E-state index contributed by atoms with van der Waals surface area (Å²) in [6.07, 6.45) is 1.40. The molecule has 2 aliphatic heterocycles. The lowest BCUT2D eigenvalue weighted by Crippen LogP contribution is -2.37. The predicted molar refractivity (Wildman–Crippen MR) is 73.9 cm³/mol. The highest BCUT2D eigenvalue weighted by atomic mass is 16.6. The Morgan fingerprint density at radius 2 is 2.25 bits per heavy atom. The summed E-state index contributed by atoms with van der Waals surface area (Å²) in [5.41, 5.74) is 0.887. The normalized spacial score (nSPS) is 24.5. The van der Waals surface area contributed by atoms with Gasteiger partial charge in [-0.2, -0.15) is 0 Å². The van der Waals surface area contributed by atoms with E-state index in [1.807, 2.05) is 12.1 Å². The zero-order valence-electron chi connectivity index (χ0n) is 10.7. The highest BCUT2D eigenvalue weighted by molar-refractivity contribution is 5.82. The summed E-state index contributed by atoms with van der Waals surface area (Å²) >= 11 is 0. The molecule has 0 spiro atoms. The molecule has 2 unspecified atom stereocenters. The molecule has 20 heavy (non-hydrogen) atoms. The van der Waals surface area contributed by atoms with E-state index in [0.717, 1.165) is 36.3 Å². The molecule has 102 valence electrons. The minimum absolute atomic E-state index is 0.0979. The summed E-state index contributed by atoms with van der Waals surface area (Å²) in [5.74, 6) is 0.933. The number of morpholine rings is 1. The Bertz CT molecular complexity index is 703. The Balaban J connectivity index is 1.72. The molecule has 4 rings (SSSR count). The third-order valence-electron chi connectivity index (χ3n) is 4.06.